The summed E-state index contributed by atoms with van der Waals surface area (Å²) in [5, 5.41) is 20.6. The second-order valence-corrected chi connectivity index (χ2v) is 5.68. The molecular weight excluding hydrogens is 287 g/mol. The summed E-state index contributed by atoms with van der Waals surface area (Å²) in [4.78, 5) is 4.72. The van der Waals surface area contributed by atoms with Crippen LogP contribution in [0.5, 0.6) is 0 Å². The van der Waals surface area contributed by atoms with Crippen LogP contribution in [-0.2, 0) is 7.05 Å². The Kier molecular flexibility index (Phi) is 3.18. The summed E-state index contributed by atoms with van der Waals surface area (Å²) in [5.74, 6) is 0.916. The van der Waals surface area contributed by atoms with E-state index in [2.05, 4.69) is 16.7 Å². The fourth-order valence-electron chi connectivity index (χ4n) is 2.97. The molecular formula is C18H15BN2O2. The molecule has 4 nitrogen and oxygen atoms in total. The van der Waals surface area contributed by atoms with Crippen LogP contribution in [0.2, 0.25) is 0 Å². The Balaban J connectivity index is 1.88. The van der Waals surface area contributed by atoms with Gasteiger partial charge in [-0.15, -0.1) is 0 Å². The van der Waals surface area contributed by atoms with E-state index in [4.69, 9.17) is 4.98 Å². The Morgan fingerprint density at radius 1 is 0.913 bits per heavy atom. The van der Waals surface area contributed by atoms with Gasteiger partial charge < -0.3 is 14.6 Å². The average molecular weight is 302 g/mol. The molecule has 0 spiro atoms. The van der Waals surface area contributed by atoms with E-state index in [1.54, 1.807) is 12.1 Å². The number of para-hydroxylation sites is 2. The summed E-state index contributed by atoms with van der Waals surface area (Å²) in [5.41, 5.74) is 3.60. The van der Waals surface area contributed by atoms with Gasteiger partial charge in [-0.3, -0.25) is 0 Å². The predicted molar refractivity (Wildman–Crippen MR) is 93.5 cm³/mol. The molecule has 0 aliphatic heterocycles. The first-order valence-electron chi connectivity index (χ1n) is 7.45. The highest BCUT2D eigenvalue weighted by Gasteiger charge is 2.13. The van der Waals surface area contributed by atoms with Crippen molar-refractivity contribution in [2.75, 3.05) is 0 Å². The van der Waals surface area contributed by atoms with Crippen molar-refractivity contribution < 1.29 is 10.0 Å². The minimum Gasteiger partial charge on any atom is -0.423 e. The Morgan fingerprint density at radius 2 is 1.65 bits per heavy atom. The van der Waals surface area contributed by atoms with Crippen LogP contribution in [0.4, 0.5) is 0 Å². The number of benzene rings is 3. The topological polar surface area (TPSA) is 58.3 Å². The molecule has 5 heteroatoms. The molecule has 0 aliphatic rings. The quantitative estimate of drug-likeness (QED) is 0.557. The van der Waals surface area contributed by atoms with Crippen LogP contribution in [-0.4, -0.2) is 26.7 Å². The molecule has 4 rings (SSSR count). The highest BCUT2D eigenvalue weighted by atomic mass is 16.4. The van der Waals surface area contributed by atoms with E-state index in [9.17, 15) is 10.0 Å². The first kappa shape index (κ1) is 14.0. The molecule has 0 bridgehead atoms. The van der Waals surface area contributed by atoms with Gasteiger partial charge in [-0.25, -0.2) is 4.98 Å². The van der Waals surface area contributed by atoms with Gasteiger partial charge >= 0.3 is 7.12 Å². The summed E-state index contributed by atoms with van der Waals surface area (Å²) >= 11 is 0. The number of rotatable bonds is 2. The van der Waals surface area contributed by atoms with Crippen molar-refractivity contribution in [3.05, 3.63) is 60.7 Å². The third-order valence-corrected chi connectivity index (χ3v) is 4.21. The molecule has 1 aromatic heterocycles. The minimum absolute atomic E-state index is 0.494. The lowest BCUT2D eigenvalue weighted by Gasteiger charge is -2.06. The Bertz CT molecular complexity index is 1020. The molecule has 0 radical (unpaired) electrons. The summed E-state index contributed by atoms with van der Waals surface area (Å²) in [6.07, 6.45) is 0. The maximum Gasteiger partial charge on any atom is 0.488 e. The molecule has 2 N–H and O–H groups in total. The Labute approximate surface area is 133 Å². The fourth-order valence-corrected chi connectivity index (χ4v) is 2.97. The lowest BCUT2D eigenvalue weighted by Crippen LogP contribution is -2.29. The van der Waals surface area contributed by atoms with Gasteiger partial charge in [0.25, 0.3) is 0 Å². The number of hydrogen-bond acceptors (Lipinski definition) is 3. The normalized spacial score (nSPS) is 11.3. The standard InChI is InChI=1S/C18H15BN2O2/c1-21-17-5-3-2-4-16(17)20-18(21)14-7-6-13-11-15(19(22)23)9-8-12(13)10-14/h2-11,22-23H,1H3. The molecule has 0 amide bonds. The van der Waals surface area contributed by atoms with Crippen molar-refractivity contribution in [3.63, 3.8) is 0 Å². The molecule has 1 heterocycles. The van der Waals surface area contributed by atoms with E-state index in [1.165, 1.54) is 0 Å². The first-order chi connectivity index (χ1) is 11.1. The van der Waals surface area contributed by atoms with Gasteiger partial charge in [0, 0.05) is 12.6 Å². The first-order valence-corrected chi connectivity index (χ1v) is 7.45. The van der Waals surface area contributed by atoms with E-state index < -0.39 is 7.12 Å². The Hall–Kier alpha value is -2.63. The third-order valence-electron chi connectivity index (χ3n) is 4.21. The van der Waals surface area contributed by atoms with Crippen molar-refractivity contribution in [2.24, 2.45) is 7.05 Å². The van der Waals surface area contributed by atoms with E-state index in [0.29, 0.717) is 5.46 Å². The van der Waals surface area contributed by atoms with Gasteiger partial charge in [0.1, 0.15) is 5.82 Å². The number of aromatic nitrogens is 2. The highest BCUT2D eigenvalue weighted by Crippen LogP contribution is 2.26. The summed E-state index contributed by atoms with van der Waals surface area (Å²) in [6, 6.07) is 19.5. The van der Waals surface area contributed by atoms with Crippen LogP contribution >= 0.6 is 0 Å². The second-order valence-electron chi connectivity index (χ2n) is 5.68. The lowest BCUT2D eigenvalue weighted by atomic mass is 9.79. The van der Waals surface area contributed by atoms with E-state index in [1.807, 2.05) is 43.4 Å². The second kappa shape index (κ2) is 5.23. The molecule has 23 heavy (non-hydrogen) atoms. The molecule has 3 aromatic carbocycles. The van der Waals surface area contributed by atoms with Crippen molar-refractivity contribution >= 4 is 34.4 Å². The number of hydrogen-bond donors (Lipinski definition) is 2. The van der Waals surface area contributed by atoms with Crippen LogP contribution in [0, 0.1) is 0 Å². The Morgan fingerprint density at radius 3 is 2.43 bits per heavy atom. The molecule has 4 aromatic rings. The van der Waals surface area contributed by atoms with Gasteiger partial charge in [0.15, 0.2) is 0 Å². The van der Waals surface area contributed by atoms with Crippen LogP contribution in [0.25, 0.3) is 33.2 Å². The van der Waals surface area contributed by atoms with Gasteiger partial charge in [0.05, 0.1) is 11.0 Å². The van der Waals surface area contributed by atoms with Crippen molar-refractivity contribution in [1.29, 1.82) is 0 Å². The number of nitrogens with zero attached hydrogens (tertiary/aromatic N) is 2. The third kappa shape index (κ3) is 2.30. The van der Waals surface area contributed by atoms with Crippen molar-refractivity contribution in [3.8, 4) is 11.4 Å². The van der Waals surface area contributed by atoms with Gasteiger partial charge in [-0.05, 0) is 34.4 Å². The maximum atomic E-state index is 9.28. The monoisotopic (exact) mass is 302 g/mol. The smallest absolute Gasteiger partial charge is 0.423 e. The zero-order chi connectivity index (χ0) is 16.0. The minimum atomic E-state index is -1.45. The highest BCUT2D eigenvalue weighted by molar-refractivity contribution is 6.58. The van der Waals surface area contributed by atoms with Crippen LogP contribution < -0.4 is 5.46 Å². The fraction of sp³-hybridized carbons (Fsp3) is 0.0556. The number of fused-ring (bicyclic) bond motifs is 2. The average Bonchev–Trinajstić information content (AvgIpc) is 2.91. The summed E-state index contributed by atoms with van der Waals surface area (Å²) < 4.78 is 2.09. The van der Waals surface area contributed by atoms with E-state index in [0.717, 1.165) is 33.2 Å². The van der Waals surface area contributed by atoms with Gasteiger partial charge in [-0.1, -0.05) is 42.5 Å². The zero-order valence-electron chi connectivity index (χ0n) is 12.6. The molecule has 0 saturated carbocycles. The van der Waals surface area contributed by atoms with E-state index in [-0.39, 0.29) is 0 Å². The van der Waals surface area contributed by atoms with Crippen LogP contribution in [0.1, 0.15) is 0 Å². The van der Waals surface area contributed by atoms with Gasteiger partial charge in [-0.2, -0.15) is 0 Å². The lowest BCUT2D eigenvalue weighted by molar-refractivity contribution is 0.426. The number of aryl methyl sites for hydroxylation is 1. The largest absolute Gasteiger partial charge is 0.488 e. The molecule has 112 valence electrons. The van der Waals surface area contributed by atoms with Crippen molar-refractivity contribution in [1.82, 2.24) is 9.55 Å². The molecule has 0 saturated heterocycles. The zero-order valence-corrected chi connectivity index (χ0v) is 12.6. The predicted octanol–water partition coefficient (Wildman–Crippen LogP) is 2.07. The van der Waals surface area contributed by atoms with E-state index >= 15 is 0 Å². The SMILES string of the molecule is Cn1c(-c2ccc3cc(B(O)O)ccc3c2)nc2ccccc21. The van der Waals surface area contributed by atoms with Crippen molar-refractivity contribution in [2.45, 2.75) is 0 Å². The summed E-state index contributed by atoms with van der Waals surface area (Å²) in [7, 11) is 0.569. The van der Waals surface area contributed by atoms with Crippen LogP contribution in [0.15, 0.2) is 60.7 Å². The summed E-state index contributed by atoms with van der Waals surface area (Å²) in [6.45, 7) is 0. The maximum absolute atomic E-state index is 9.28. The van der Waals surface area contributed by atoms with Crippen LogP contribution in [0.3, 0.4) is 0 Å². The molecule has 0 aliphatic carbocycles. The molecule has 0 atom stereocenters. The number of imidazole rings is 1. The molecule has 0 fully saturated rings. The van der Waals surface area contributed by atoms with Gasteiger partial charge in [0.2, 0.25) is 0 Å². The molecule has 0 unspecified atom stereocenters.